The number of hydrogen-bond donors (Lipinski definition) is 0. The van der Waals surface area contributed by atoms with Gasteiger partial charge in [-0.1, -0.05) is 48.0 Å². The van der Waals surface area contributed by atoms with Gasteiger partial charge in [0.15, 0.2) is 17.9 Å². The van der Waals surface area contributed by atoms with Crippen LogP contribution >= 0.6 is 11.6 Å². The minimum absolute atomic E-state index is 0. The van der Waals surface area contributed by atoms with Gasteiger partial charge in [0, 0.05) is 29.1 Å². The number of ketones is 1. The summed E-state index contributed by atoms with van der Waals surface area (Å²) >= 11 is 5.94. The molecule has 0 aliphatic heterocycles. The van der Waals surface area contributed by atoms with Gasteiger partial charge < -0.3 is 17.0 Å². The summed E-state index contributed by atoms with van der Waals surface area (Å²) < 4.78 is 4.21. The van der Waals surface area contributed by atoms with E-state index in [1.165, 1.54) is 0 Å². The van der Waals surface area contributed by atoms with Crippen LogP contribution in [0.3, 0.4) is 0 Å². The molecule has 0 spiro atoms. The van der Waals surface area contributed by atoms with Crippen LogP contribution < -0.4 is 21.5 Å². The summed E-state index contributed by atoms with van der Waals surface area (Å²) in [6.07, 6.45) is 2.03. The van der Waals surface area contributed by atoms with Crippen LogP contribution in [0.15, 0.2) is 79.0 Å². The van der Waals surface area contributed by atoms with Gasteiger partial charge in [-0.15, -0.1) is 0 Å². The van der Waals surface area contributed by atoms with E-state index in [4.69, 9.17) is 11.6 Å². The van der Waals surface area contributed by atoms with Crippen LogP contribution in [0.5, 0.6) is 0 Å². The maximum Gasteiger partial charge on any atom is 0.287 e. The van der Waals surface area contributed by atoms with Crippen LogP contribution in [0.4, 0.5) is 0 Å². The Bertz CT molecular complexity index is 1090. The Morgan fingerprint density at radius 1 is 0.963 bits per heavy atom. The van der Waals surface area contributed by atoms with Crippen LogP contribution in [0.1, 0.15) is 16.1 Å². The van der Waals surface area contributed by atoms with Crippen LogP contribution in [0.25, 0.3) is 16.9 Å². The smallest absolute Gasteiger partial charge is 0.287 e. The molecule has 27 heavy (non-hydrogen) atoms. The number of fused-ring (bicyclic) bond motifs is 1. The molecule has 4 aromatic rings. The molecule has 5 heteroatoms. The summed E-state index contributed by atoms with van der Waals surface area (Å²) in [5.74, 6) is 0.0557. The van der Waals surface area contributed by atoms with Crippen LogP contribution in [0.2, 0.25) is 5.02 Å². The van der Waals surface area contributed by atoms with Gasteiger partial charge in [-0.25, -0.2) is 4.57 Å². The number of rotatable bonds is 4. The molecular weight excluding hydrogens is 424 g/mol. The quantitative estimate of drug-likeness (QED) is 0.350. The first-order chi connectivity index (χ1) is 12.6. The van der Waals surface area contributed by atoms with Crippen LogP contribution in [-0.2, 0) is 6.54 Å². The van der Waals surface area contributed by atoms with Gasteiger partial charge in [0.1, 0.15) is 0 Å². The Balaban J connectivity index is 0.00000210. The fraction of sp³-hybridized carbons (Fsp3) is 0.0909. The molecule has 136 valence electrons. The van der Waals surface area contributed by atoms with Gasteiger partial charge in [0.05, 0.1) is 6.20 Å². The molecule has 0 bridgehead atoms. The van der Waals surface area contributed by atoms with Crippen LogP contribution in [0, 0.1) is 6.92 Å². The second kappa shape index (κ2) is 8.07. The number of carbonyl (C=O) groups excluding carboxylic acids is 1. The molecule has 0 unspecified atom stereocenters. The molecule has 2 aromatic heterocycles. The predicted molar refractivity (Wildman–Crippen MR) is 104 cm³/mol. The zero-order valence-electron chi connectivity index (χ0n) is 14.8. The van der Waals surface area contributed by atoms with Crippen molar-refractivity contribution < 1.29 is 26.3 Å². The number of aromatic nitrogens is 2. The van der Waals surface area contributed by atoms with E-state index >= 15 is 0 Å². The van der Waals surface area contributed by atoms with E-state index in [9.17, 15) is 4.79 Å². The van der Waals surface area contributed by atoms with Crippen molar-refractivity contribution in [3.05, 3.63) is 95.3 Å². The number of imidazole rings is 1. The minimum atomic E-state index is 0. The molecule has 2 aromatic carbocycles. The first kappa shape index (κ1) is 19.3. The lowest BCUT2D eigenvalue weighted by Crippen LogP contribution is -3.00. The van der Waals surface area contributed by atoms with Crippen molar-refractivity contribution in [1.82, 2.24) is 4.40 Å². The molecular formula is C22H18BrClN2O. The Morgan fingerprint density at radius 2 is 1.63 bits per heavy atom. The highest BCUT2D eigenvalue weighted by molar-refractivity contribution is 6.30. The minimum Gasteiger partial charge on any atom is -1.00 e. The van der Waals surface area contributed by atoms with Gasteiger partial charge in [-0.2, -0.15) is 4.40 Å². The molecule has 0 saturated carbocycles. The maximum absolute atomic E-state index is 12.9. The number of halogens is 2. The fourth-order valence-electron chi connectivity index (χ4n) is 3.35. The van der Waals surface area contributed by atoms with Gasteiger partial charge in [0.25, 0.3) is 5.65 Å². The van der Waals surface area contributed by atoms with Crippen molar-refractivity contribution in [3.8, 4) is 11.3 Å². The number of pyridine rings is 1. The summed E-state index contributed by atoms with van der Waals surface area (Å²) in [6, 6.07) is 23.3. The highest BCUT2D eigenvalue weighted by Gasteiger charge is 2.25. The molecule has 2 heterocycles. The number of benzene rings is 2. The van der Waals surface area contributed by atoms with Gasteiger partial charge in [0.2, 0.25) is 5.78 Å². The van der Waals surface area contributed by atoms with Crippen molar-refractivity contribution in [3.63, 3.8) is 0 Å². The number of aryl methyl sites for hydroxylation is 1. The normalized spacial score (nSPS) is 10.6. The Labute approximate surface area is 173 Å². The van der Waals surface area contributed by atoms with Crippen molar-refractivity contribution in [1.29, 1.82) is 0 Å². The topological polar surface area (TPSA) is 25.4 Å². The molecule has 0 amide bonds. The highest BCUT2D eigenvalue weighted by atomic mass is 79.9. The van der Waals surface area contributed by atoms with Gasteiger partial charge in [-0.3, -0.25) is 4.79 Å². The summed E-state index contributed by atoms with van der Waals surface area (Å²) in [5.41, 5.74) is 4.91. The molecule has 0 aliphatic carbocycles. The third-order valence-corrected chi connectivity index (χ3v) is 4.86. The van der Waals surface area contributed by atoms with E-state index in [2.05, 4.69) is 28.0 Å². The lowest BCUT2D eigenvalue weighted by Gasteiger charge is -2.04. The third kappa shape index (κ3) is 3.68. The van der Waals surface area contributed by atoms with E-state index in [1.807, 2.05) is 42.6 Å². The fourth-order valence-corrected chi connectivity index (χ4v) is 3.48. The number of carbonyl (C=O) groups is 1. The zero-order valence-corrected chi connectivity index (χ0v) is 17.1. The largest absolute Gasteiger partial charge is 1.00 e. The van der Waals surface area contributed by atoms with E-state index in [-0.39, 0.29) is 29.3 Å². The molecule has 0 radical (unpaired) electrons. The lowest BCUT2D eigenvalue weighted by atomic mass is 10.1. The van der Waals surface area contributed by atoms with Crippen molar-refractivity contribution in [2.75, 3.05) is 0 Å². The molecule has 0 saturated heterocycles. The molecule has 0 N–H and O–H groups in total. The van der Waals surface area contributed by atoms with Crippen LogP contribution in [-0.4, -0.2) is 10.2 Å². The molecule has 0 aliphatic rings. The first-order valence-corrected chi connectivity index (χ1v) is 8.86. The average Bonchev–Trinajstić information content (AvgIpc) is 2.95. The zero-order chi connectivity index (χ0) is 18.1. The number of nitrogens with zero attached hydrogens (tertiary/aromatic N) is 2. The monoisotopic (exact) mass is 440 g/mol. The maximum atomic E-state index is 12.9. The average molecular weight is 442 g/mol. The summed E-state index contributed by atoms with van der Waals surface area (Å²) in [4.78, 5) is 12.9. The molecule has 4 rings (SSSR count). The Kier molecular flexibility index (Phi) is 5.78. The standard InChI is InChI=1S/C22H18ClN2O.BrH/c1-16-22(18-7-3-2-4-8-18)25(21-9-5-6-14-24(16)21)15-20(26)17-10-12-19(23)13-11-17;/h2-14H,15H2,1H3;1H/q+1;/p-1. The second-order valence-electron chi connectivity index (χ2n) is 6.25. The van der Waals surface area contributed by atoms with E-state index in [0.29, 0.717) is 10.6 Å². The van der Waals surface area contributed by atoms with Crippen molar-refractivity contribution in [2.24, 2.45) is 0 Å². The number of hydrogen-bond acceptors (Lipinski definition) is 1. The second-order valence-corrected chi connectivity index (χ2v) is 6.68. The van der Waals surface area contributed by atoms with E-state index in [1.54, 1.807) is 24.3 Å². The summed E-state index contributed by atoms with van der Waals surface area (Å²) in [7, 11) is 0. The Hall–Kier alpha value is -2.43. The van der Waals surface area contributed by atoms with Crippen molar-refractivity contribution >= 4 is 23.0 Å². The molecule has 3 nitrogen and oxygen atoms in total. The predicted octanol–water partition coefficient (Wildman–Crippen LogP) is 1.74. The number of Topliss-reactive ketones (excluding diaryl/α,β-unsaturated/α-hetero) is 1. The molecule has 0 fully saturated rings. The molecule has 0 atom stereocenters. The first-order valence-electron chi connectivity index (χ1n) is 8.49. The highest BCUT2D eigenvalue weighted by Crippen LogP contribution is 2.22. The van der Waals surface area contributed by atoms with Gasteiger partial charge >= 0.3 is 0 Å². The van der Waals surface area contributed by atoms with Gasteiger partial charge in [-0.05, 0) is 30.3 Å². The summed E-state index contributed by atoms with van der Waals surface area (Å²) in [6.45, 7) is 2.35. The SMILES string of the molecule is Cc1c(-c2ccccc2)[n+](CC(=O)c2ccc(Cl)cc2)c2ccccn12.[Br-]. The summed E-state index contributed by atoms with van der Waals surface area (Å²) in [5, 5.41) is 0.629. The van der Waals surface area contributed by atoms with E-state index < -0.39 is 0 Å². The van der Waals surface area contributed by atoms with Crippen molar-refractivity contribution in [2.45, 2.75) is 13.5 Å². The third-order valence-electron chi connectivity index (χ3n) is 4.60. The lowest BCUT2D eigenvalue weighted by molar-refractivity contribution is -0.645. The Morgan fingerprint density at radius 3 is 2.33 bits per heavy atom. The van der Waals surface area contributed by atoms with E-state index in [0.717, 1.165) is 22.6 Å².